The summed E-state index contributed by atoms with van der Waals surface area (Å²) in [6.07, 6.45) is 0. The molecule has 0 bridgehead atoms. The SMILES string of the molecule is Cc1cccc(-c2ccccc2)c1. The van der Waals surface area contributed by atoms with E-state index in [-0.39, 0.29) is 0 Å². The highest BCUT2D eigenvalue weighted by Gasteiger charge is 1.94. The molecular weight excluding hydrogens is 156 g/mol. The largest absolute Gasteiger partial charge is 0.0622 e. The molecule has 0 aliphatic carbocycles. The molecule has 0 heteroatoms. The van der Waals surface area contributed by atoms with E-state index in [0.717, 1.165) is 0 Å². The van der Waals surface area contributed by atoms with Crippen molar-refractivity contribution in [2.45, 2.75) is 6.92 Å². The van der Waals surface area contributed by atoms with Gasteiger partial charge in [0, 0.05) is 0 Å². The van der Waals surface area contributed by atoms with Gasteiger partial charge < -0.3 is 0 Å². The molecule has 0 aliphatic heterocycles. The first kappa shape index (κ1) is 8.06. The van der Waals surface area contributed by atoms with E-state index in [1.54, 1.807) is 0 Å². The summed E-state index contributed by atoms with van der Waals surface area (Å²) in [6.45, 7) is 2.12. The van der Waals surface area contributed by atoms with Crippen molar-refractivity contribution in [1.29, 1.82) is 0 Å². The van der Waals surface area contributed by atoms with Crippen LogP contribution in [0.4, 0.5) is 0 Å². The van der Waals surface area contributed by atoms with E-state index in [0.29, 0.717) is 0 Å². The fraction of sp³-hybridized carbons (Fsp3) is 0.0769. The average molecular weight is 168 g/mol. The van der Waals surface area contributed by atoms with Gasteiger partial charge in [0.25, 0.3) is 0 Å². The van der Waals surface area contributed by atoms with E-state index in [2.05, 4.69) is 55.5 Å². The van der Waals surface area contributed by atoms with Gasteiger partial charge >= 0.3 is 0 Å². The zero-order valence-corrected chi connectivity index (χ0v) is 7.70. The van der Waals surface area contributed by atoms with Gasteiger partial charge in [-0.3, -0.25) is 0 Å². The first-order valence-corrected chi connectivity index (χ1v) is 4.48. The van der Waals surface area contributed by atoms with Crippen molar-refractivity contribution in [1.82, 2.24) is 0 Å². The maximum Gasteiger partial charge on any atom is -0.0181 e. The van der Waals surface area contributed by atoms with Gasteiger partial charge in [0.2, 0.25) is 0 Å². The molecule has 2 aromatic carbocycles. The van der Waals surface area contributed by atoms with E-state index >= 15 is 0 Å². The second kappa shape index (κ2) is 3.44. The summed E-state index contributed by atoms with van der Waals surface area (Å²) in [7, 11) is 0. The van der Waals surface area contributed by atoms with E-state index in [4.69, 9.17) is 0 Å². The summed E-state index contributed by atoms with van der Waals surface area (Å²) in [4.78, 5) is 0. The third-order valence-corrected chi connectivity index (χ3v) is 2.13. The molecule has 0 atom stereocenters. The van der Waals surface area contributed by atoms with Crippen molar-refractivity contribution in [2.75, 3.05) is 0 Å². The zero-order chi connectivity index (χ0) is 9.10. The fourth-order valence-electron chi connectivity index (χ4n) is 1.46. The van der Waals surface area contributed by atoms with Gasteiger partial charge in [0.1, 0.15) is 0 Å². The molecule has 2 rings (SSSR count). The van der Waals surface area contributed by atoms with Gasteiger partial charge in [-0.05, 0) is 18.1 Å². The molecule has 0 radical (unpaired) electrons. The van der Waals surface area contributed by atoms with Gasteiger partial charge in [-0.2, -0.15) is 0 Å². The molecule has 0 saturated heterocycles. The molecule has 13 heavy (non-hydrogen) atoms. The molecule has 0 unspecified atom stereocenters. The lowest BCUT2D eigenvalue weighted by molar-refractivity contribution is 1.47. The van der Waals surface area contributed by atoms with Crippen LogP contribution in [0.1, 0.15) is 5.56 Å². The molecule has 0 fully saturated rings. The Morgan fingerprint density at radius 3 is 2.08 bits per heavy atom. The van der Waals surface area contributed by atoms with Crippen LogP contribution in [-0.4, -0.2) is 0 Å². The molecular formula is C13H12. The number of hydrogen-bond acceptors (Lipinski definition) is 0. The monoisotopic (exact) mass is 168 g/mol. The van der Waals surface area contributed by atoms with Gasteiger partial charge in [-0.25, -0.2) is 0 Å². The molecule has 0 heterocycles. The molecule has 0 nitrogen and oxygen atoms in total. The lowest BCUT2D eigenvalue weighted by Gasteiger charge is -2.01. The summed E-state index contributed by atoms with van der Waals surface area (Å²) in [5, 5.41) is 0. The van der Waals surface area contributed by atoms with E-state index in [1.165, 1.54) is 16.7 Å². The van der Waals surface area contributed by atoms with Crippen LogP contribution in [0.25, 0.3) is 11.1 Å². The first-order valence-electron chi connectivity index (χ1n) is 4.48. The molecule has 0 saturated carbocycles. The molecule has 0 aromatic heterocycles. The van der Waals surface area contributed by atoms with Crippen LogP contribution in [0.3, 0.4) is 0 Å². The van der Waals surface area contributed by atoms with E-state index < -0.39 is 0 Å². The van der Waals surface area contributed by atoms with Crippen LogP contribution < -0.4 is 0 Å². The van der Waals surface area contributed by atoms with Crippen molar-refractivity contribution in [3.63, 3.8) is 0 Å². The van der Waals surface area contributed by atoms with Gasteiger partial charge in [0.15, 0.2) is 0 Å². The highest BCUT2D eigenvalue weighted by Crippen LogP contribution is 2.19. The zero-order valence-electron chi connectivity index (χ0n) is 7.70. The van der Waals surface area contributed by atoms with Crippen LogP contribution in [0, 0.1) is 6.92 Å². The Morgan fingerprint density at radius 2 is 1.38 bits per heavy atom. The third kappa shape index (κ3) is 1.78. The second-order valence-electron chi connectivity index (χ2n) is 3.24. The van der Waals surface area contributed by atoms with E-state index in [9.17, 15) is 0 Å². The Hall–Kier alpha value is -1.56. The third-order valence-electron chi connectivity index (χ3n) is 2.13. The Morgan fingerprint density at radius 1 is 0.692 bits per heavy atom. The summed E-state index contributed by atoms with van der Waals surface area (Å²) < 4.78 is 0. The predicted octanol–water partition coefficient (Wildman–Crippen LogP) is 3.66. The smallest absolute Gasteiger partial charge is 0.0181 e. The highest BCUT2D eigenvalue weighted by atomic mass is 14.0. The number of aryl methyl sites for hydroxylation is 1. The predicted molar refractivity (Wildman–Crippen MR) is 56.6 cm³/mol. The maximum absolute atomic E-state index is 2.20. The first-order chi connectivity index (χ1) is 6.36. The van der Waals surface area contributed by atoms with Gasteiger partial charge in [0.05, 0.1) is 0 Å². The van der Waals surface area contributed by atoms with Crippen molar-refractivity contribution in [3.05, 3.63) is 60.2 Å². The van der Waals surface area contributed by atoms with Crippen molar-refractivity contribution < 1.29 is 0 Å². The molecule has 2 aromatic rings. The maximum atomic E-state index is 2.20. The highest BCUT2D eigenvalue weighted by molar-refractivity contribution is 5.63. The van der Waals surface area contributed by atoms with Crippen LogP contribution in [0.2, 0.25) is 0 Å². The molecule has 0 spiro atoms. The minimum absolute atomic E-state index is 1.28. The molecule has 0 N–H and O–H groups in total. The lowest BCUT2D eigenvalue weighted by Crippen LogP contribution is -1.77. The van der Waals surface area contributed by atoms with Crippen molar-refractivity contribution in [3.8, 4) is 11.1 Å². The summed E-state index contributed by atoms with van der Waals surface area (Å²) in [6, 6.07) is 19.0. The van der Waals surface area contributed by atoms with Gasteiger partial charge in [-0.15, -0.1) is 0 Å². The molecule has 0 amide bonds. The lowest BCUT2D eigenvalue weighted by atomic mass is 10.0. The number of benzene rings is 2. The average Bonchev–Trinajstić information content (AvgIpc) is 2.19. The Balaban J connectivity index is 2.48. The van der Waals surface area contributed by atoms with Crippen LogP contribution in [-0.2, 0) is 0 Å². The molecule has 0 aliphatic rings. The van der Waals surface area contributed by atoms with Crippen molar-refractivity contribution >= 4 is 0 Å². The topological polar surface area (TPSA) is 0 Å². The summed E-state index contributed by atoms with van der Waals surface area (Å²) in [5.41, 5.74) is 3.88. The summed E-state index contributed by atoms with van der Waals surface area (Å²) >= 11 is 0. The standard InChI is InChI=1S/C13H12/c1-11-6-5-9-13(10-11)12-7-3-2-4-8-12/h2-10H,1H3. The quantitative estimate of drug-likeness (QED) is 0.609. The minimum Gasteiger partial charge on any atom is -0.0622 e. The Kier molecular flexibility index (Phi) is 2.13. The summed E-state index contributed by atoms with van der Waals surface area (Å²) in [5.74, 6) is 0. The van der Waals surface area contributed by atoms with Crippen LogP contribution >= 0.6 is 0 Å². The van der Waals surface area contributed by atoms with Crippen LogP contribution in [0.5, 0.6) is 0 Å². The Labute approximate surface area is 78.9 Å². The fourth-order valence-corrected chi connectivity index (χ4v) is 1.46. The van der Waals surface area contributed by atoms with E-state index in [1.807, 2.05) is 6.07 Å². The number of rotatable bonds is 1. The molecule has 64 valence electrons. The Bertz CT molecular complexity index is 388. The second-order valence-corrected chi connectivity index (χ2v) is 3.24. The minimum atomic E-state index is 1.28. The number of hydrogen-bond donors (Lipinski definition) is 0. The van der Waals surface area contributed by atoms with Crippen LogP contribution in [0.15, 0.2) is 54.6 Å². The normalized spacial score (nSPS) is 9.92. The van der Waals surface area contributed by atoms with Gasteiger partial charge in [-0.1, -0.05) is 60.2 Å². The van der Waals surface area contributed by atoms with Crippen molar-refractivity contribution in [2.24, 2.45) is 0 Å².